The minimum absolute atomic E-state index is 0.00348. The van der Waals surface area contributed by atoms with Crippen LogP contribution in [0.25, 0.3) is 10.9 Å². The van der Waals surface area contributed by atoms with E-state index in [1.807, 2.05) is 0 Å². The van der Waals surface area contributed by atoms with Gasteiger partial charge in [0, 0.05) is 85.7 Å². The lowest BCUT2D eigenvalue weighted by molar-refractivity contribution is -0.145. The number of carbonyl (C=O) groups excluding carboxylic acids is 16. The molecule has 16 amide bonds. The molecule has 2 aliphatic heterocycles. The van der Waals surface area contributed by atoms with Gasteiger partial charge in [0.05, 0.1) is 31.7 Å². The fraction of sp³-hybridized carbons (Fsp3) is 0.535. The van der Waals surface area contributed by atoms with Gasteiger partial charge >= 0.3 is 5.97 Å². The Bertz CT molecular complexity index is 4760. The Labute approximate surface area is 767 Å². The van der Waals surface area contributed by atoms with Gasteiger partial charge in [0.25, 0.3) is 0 Å². The molecule has 0 unspecified atom stereocenters. The number of primary amides is 1. The average molecular weight is 1870 g/mol. The summed E-state index contributed by atoms with van der Waals surface area (Å²) in [6.07, 6.45) is 1.19. The van der Waals surface area contributed by atoms with Crippen molar-refractivity contribution < 1.29 is 107 Å². The summed E-state index contributed by atoms with van der Waals surface area (Å²) in [7, 11) is 0. The van der Waals surface area contributed by atoms with E-state index in [4.69, 9.17) is 17.2 Å². The van der Waals surface area contributed by atoms with Crippen LogP contribution in [0.4, 0.5) is 0 Å². The van der Waals surface area contributed by atoms with E-state index in [2.05, 4.69) is 109 Å². The lowest BCUT2D eigenvalue weighted by atomic mass is 9.99. The van der Waals surface area contributed by atoms with Crippen molar-refractivity contribution in [2.75, 3.05) is 44.3 Å². The molecule has 0 radical (unpaired) electrons. The van der Waals surface area contributed by atoms with Crippen LogP contribution in [0.2, 0.25) is 0 Å². The number of carbonyl (C=O) groups is 17. The van der Waals surface area contributed by atoms with Crippen LogP contribution >= 0.6 is 25.3 Å². The number of nitrogens with zero attached hydrogens (tertiary/aromatic N) is 3. The summed E-state index contributed by atoms with van der Waals surface area (Å²) in [5.74, 6) is -17.9. The molecule has 2 fully saturated rings. The molecule has 0 saturated carbocycles. The number of nitrogens with one attached hydrogen (secondary N) is 15. The first-order valence-corrected chi connectivity index (χ1v) is 44.5. The number of aliphatic hydroxyl groups excluding tert-OH is 3. The highest BCUT2D eigenvalue weighted by Gasteiger charge is 2.44. The molecule has 43 nitrogen and oxygen atoms in total. The smallest absolute Gasteiger partial charge is 0.326 e. The Hall–Kier alpha value is -12.3. The number of para-hydroxylation sites is 1. The van der Waals surface area contributed by atoms with Crippen LogP contribution in [-0.2, 0) is 107 Å². The summed E-state index contributed by atoms with van der Waals surface area (Å²) in [6, 6.07) is -1.27. The normalized spacial score (nSPS) is 17.1. The number of rotatable bonds is 52. The molecule has 716 valence electrons. The number of aliphatic hydroxyl groups is 3. The zero-order valence-electron chi connectivity index (χ0n) is 73.7. The fourth-order valence-corrected chi connectivity index (χ4v) is 15.4. The minimum Gasteiger partial charge on any atom is -0.508 e. The average Bonchev–Trinajstić information content (AvgIpc) is 1.70. The monoisotopic (exact) mass is 1870 g/mol. The number of likely N-dealkylation sites (tertiary alicyclic amines) is 2. The van der Waals surface area contributed by atoms with Crippen LogP contribution in [0.5, 0.6) is 5.75 Å². The molecule has 3 aromatic carbocycles. The number of aromatic nitrogens is 3. The molecule has 26 N–H and O–H groups in total. The van der Waals surface area contributed by atoms with Crippen LogP contribution in [0.1, 0.15) is 128 Å². The summed E-state index contributed by atoms with van der Waals surface area (Å²) in [4.78, 5) is 250. The lowest BCUT2D eigenvalue weighted by Gasteiger charge is -2.31. The summed E-state index contributed by atoms with van der Waals surface area (Å²) >= 11 is 8.63. The first-order chi connectivity index (χ1) is 62.2. The number of carboxylic acids is 1. The lowest BCUT2D eigenvalue weighted by Crippen LogP contribution is -2.62. The van der Waals surface area contributed by atoms with Gasteiger partial charge in [-0.25, -0.2) is 9.78 Å². The van der Waals surface area contributed by atoms with E-state index in [1.165, 1.54) is 60.4 Å². The van der Waals surface area contributed by atoms with Gasteiger partial charge in [-0.1, -0.05) is 88.4 Å². The second-order valence-corrected chi connectivity index (χ2v) is 33.9. The maximum Gasteiger partial charge on any atom is 0.326 e. The van der Waals surface area contributed by atoms with Gasteiger partial charge in [-0.05, 0) is 125 Å². The van der Waals surface area contributed by atoms with Crippen molar-refractivity contribution in [3.05, 3.63) is 120 Å². The molecule has 7 rings (SSSR count). The van der Waals surface area contributed by atoms with E-state index >= 15 is 0 Å². The van der Waals surface area contributed by atoms with Crippen molar-refractivity contribution in [1.29, 1.82) is 0 Å². The molecule has 2 saturated heterocycles. The van der Waals surface area contributed by atoms with Crippen molar-refractivity contribution in [3.63, 3.8) is 0 Å². The van der Waals surface area contributed by atoms with Crippen molar-refractivity contribution in [1.82, 2.24) is 93.9 Å². The van der Waals surface area contributed by atoms with Crippen molar-refractivity contribution in [2.24, 2.45) is 29.0 Å². The summed E-state index contributed by atoms with van der Waals surface area (Å²) < 4.78 is 0. The van der Waals surface area contributed by atoms with Gasteiger partial charge in [-0.3, -0.25) is 76.7 Å². The second kappa shape index (κ2) is 51.9. The van der Waals surface area contributed by atoms with E-state index in [-0.39, 0.29) is 108 Å². The molecule has 0 spiro atoms. The molecule has 4 heterocycles. The standard InChI is InChI=1S/C86H123N21O22S2/c1-44(2)32-57(75(117)105-71(47(6)110)84(126)100-60(35-50-37-91-54-19-11-10-18-53(50)54)76(118)104-70(45(3)4)83(125)103-64(42-131)78(120)94-55(20-12-13-29-87)85(127)107-31-15-22-66(107)81(123)95-56(86(128)129)27-28-67(88)112)98-80(122)65-21-14-30-106(65)68(113)39-92-72(114)58(33-48-16-8-7-9-17-48)96-74(116)61(36-51-38-90-43-93-51)97-79(121)63(41-130)102-77(119)62(40-108)101-73(115)59(99-82(124)69(89)46(5)109)34-49-23-25-52(111)26-24-49/h7-11,16-19,23-26,37-38,43-47,55-66,69-71,91,108-111,130-131H,12-15,20-22,27-36,39-42,87,89H2,1-6H3,(H2,88,112)(H,90,93)(H,92,114)(H,94,120)(H,95,123)(H,96,116)(H,97,121)(H,98,122)(H,99,124)(H,100,126)(H,101,115)(H,102,119)(H,103,125)(H,104,118)(H,105,117)(H,128,129)/t46-,47-,55+,56+,57+,58+,59+,60+,61+,62+,63+,64+,65+,66+,69+,70+,71+/m1/s1. The number of hydrogen-bond donors (Lipinski definition) is 25. The van der Waals surface area contributed by atoms with Crippen molar-refractivity contribution in [3.8, 4) is 5.75 Å². The van der Waals surface area contributed by atoms with Gasteiger partial charge in [-0.2, -0.15) is 25.3 Å². The quantitative estimate of drug-likeness (QED) is 0.0128. The highest BCUT2D eigenvalue weighted by Crippen LogP contribution is 2.25. The zero-order valence-corrected chi connectivity index (χ0v) is 75.5. The van der Waals surface area contributed by atoms with Crippen LogP contribution in [0.3, 0.4) is 0 Å². The summed E-state index contributed by atoms with van der Waals surface area (Å²) in [5, 5.41) is 85.2. The van der Waals surface area contributed by atoms with E-state index < -0.39 is 228 Å². The first kappa shape index (κ1) is 106. The highest BCUT2D eigenvalue weighted by atomic mass is 32.1. The number of carboxylic acid groups (broad SMARTS) is 1. The molecule has 131 heavy (non-hydrogen) atoms. The number of aliphatic carboxylic acids is 1. The Balaban J connectivity index is 1.01. The number of fused-ring (bicyclic) bond motifs is 1. The Morgan fingerprint density at radius 3 is 1.56 bits per heavy atom. The van der Waals surface area contributed by atoms with E-state index in [0.29, 0.717) is 52.5 Å². The SMILES string of the molecule is CC(C)C[C@H](NC(=O)[C@@H]1CCCN1C(=O)CNC(=O)[C@H](Cc1ccccc1)NC(=O)[C@H](Cc1cnc[nH]1)NC(=O)[C@H](CS)NC(=O)[C@H](CO)NC(=O)[C@H](Cc1ccc(O)cc1)NC(=O)[C@@H](N)[C@@H](C)O)C(=O)N[C@H](C(=O)N[C@@H](Cc1c[nH]c2ccccc12)C(=O)N[C@H](C(=O)N[C@@H](CS)C(=O)N[C@@H](CCCCN)C(=O)N1CCC[C@H]1C(=O)N[C@@H](CCC(N)=O)C(=O)O)C(C)C)[C@@H](C)O. The number of aromatic amines is 2. The number of unbranched alkanes of at least 4 members (excludes halogenated alkanes) is 1. The molecule has 0 aliphatic carbocycles. The van der Waals surface area contributed by atoms with Crippen molar-refractivity contribution >= 4 is 137 Å². The third kappa shape index (κ3) is 32.1. The molecule has 5 aromatic rings. The number of aromatic hydroxyl groups is 1. The zero-order chi connectivity index (χ0) is 96.5. The second-order valence-electron chi connectivity index (χ2n) is 33.2. The van der Waals surface area contributed by atoms with Gasteiger partial charge in [0.1, 0.15) is 96.4 Å². The predicted molar refractivity (Wildman–Crippen MR) is 481 cm³/mol. The Morgan fingerprint density at radius 1 is 0.511 bits per heavy atom. The number of imidazole rings is 1. The van der Waals surface area contributed by atoms with Gasteiger partial charge in [0.15, 0.2) is 0 Å². The van der Waals surface area contributed by atoms with Gasteiger partial charge in [-0.15, -0.1) is 0 Å². The number of hydrogen-bond acceptors (Lipinski definition) is 26. The number of phenols is 1. The molecule has 17 atom stereocenters. The van der Waals surface area contributed by atoms with Crippen LogP contribution in [-0.4, -0.2) is 298 Å². The molecule has 2 aliphatic rings. The number of amides is 16. The Kier molecular flexibility index (Phi) is 41.9. The number of nitrogens with two attached hydrogens (primary N) is 3. The van der Waals surface area contributed by atoms with Crippen LogP contribution in [0, 0.1) is 11.8 Å². The maximum atomic E-state index is 14.9. The fourth-order valence-electron chi connectivity index (χ4n) is 14.9. The molecule has 2 aromatic heterocycles. The Morgan fingerprint density at radius 2 is 1.00 bits per heavy atom. The minimum atomic E-state index is -1.83. The predicted octanol–water partition coefficient (Wildman–Crippen LogP) is -5.09. The van der Waals surface area contributed by atoms with Crippen LogP contribution in [0.15, 0.2) is 97.6 Å². The third-order valence-corrected chi connectivity index (χ3v) is 22.9. The summed E-state index contributed by atoms with van der Waals surface area (Å²) in [6.45, 7) is 7.63. The number of thiol groups is 2. The number of phenolic OH excluding ortho intramolecular Hbond substituents is 1. The van der Waals surface area contributed by atoms with Crippen molar-refractivity contribution in [2.45, 2.75) is 234 Å². The molecule has 0 bridgehead atoms. The first-order valence-electron chi connectivity index (χ1n) is 43.3. The number of benzene rings is 3. The van der Waals surface area contributed by atoms with Gasteiger partial charge < -0.3 is 132 Å². The maximum absolute atomic E-state index is 14.9. The van der Waals surface area contributed by atoms with Gasteiger partial charge in [0.2, 0.25) is 94.5 Å². The van der Waals surface area contributed by atoms with Crippen LogP contribution < -0.4 is 86.3 Å². The largest absolute Gasteiger partial charge is 0.508 e. The molecular weight excluding hydrogens is 1740 g/mol. The van der Waals surface area contributed by atoms with E-state index in [0.717, 1.165) is 0 Å². The number of H-pyrrole nitrogens is 2. The third-order valence-electron chi connectivity index (χ3n) is 22.2. The summed E-state index contributed by atoms with van der Waals surface area (Å²) in [5.41, 5.74) is 19.3. The van der Waals surface area contributed by atoms with E-state index in [9.17, 15) is 107 Å². The highest BCUT2D eigenvalue weighted by molar-refractivity contribution is 7.80. The topological polar surface area (TPSA) is 677 Å². The molecule has 45 heteroatoms. The molecular formula is C86H123N21O22S2. The van der Waals surface area contributed by atoms with E-state index in [1.54, 1.807) is 88.5 Å².